The third kappa shape index (κ3) is 3.61. The molecule has 0 heterocycles. The van der Waals surface area contributed by atoms with Crippen molar-refractivity contribution >= 4 is 12.0 Å². The Balaban J connectivity index is 4.79. The monoisotopic (exact) mass is 244 g/mol. The lowest BCUT2D eigenvalue weighted by atomic mass is 9.95. The number of aliphatic carboxylic acids is 1. The number of urea groups is 1. The van der Waals surface area contributed by atoms with Crippen LogP contribution in [0.15, 0.2) is 0 Å². The summed E-state index contributed by atoms with van der Waals surface area (Å²) in [7, 11) is 1.50. The molecule has 0 saturated carbocycles. The minimum Gasteiger partial charge on any atom is -0.480 e. The molecule has 0 spiro atoms. The van der Waals surface area contributed by atoms with Gasteiger partial charge in [0.15, 0.2) is 0 Å². The molecule has 0 aromatic carbocycles. The smallest absolute Gasteiger partial charge is 0.329 e. The molecule has 0 aliphatic rings. The van der Waals surface area contributed by atoms with Gasteiger partial charge in [-0.15, -0.1) is 0 Å². The Morgan fingerprint density at radius 3 is 1.88 bits per heavy atom. The Morgan fingerprint density at radius 2 is 1.59 bits per heavy atom. The van der Waals surface area contributed by atoms with E-state index in [2.05, 4.69) is 5.32 Å². The average Bonchev–Trinajstić information content (AvgIpc) is 2.27. The number of carboxylic acids is 1. The van der Waals surface area contributed by atoms with Gasteiger partial charge in [0, 0.05) is 12.6 Å². The molecule has 2 amide bonds. The first-order valence-corrected chi connectivity index (χ1v) is 5.90. The first-order chi connectivity index (χ1) is 7.60. The maximum atomic E-state index is 12.0. The van der Waals surface area contributed by atoms with Gasteiger partial charge in [-0.2, -0.15) is 0 Å². The molecule has 0 rings (SSSR count). The molecule has 0 aliphatic heterocycles. The van der Waals surface area contributed by atoms with Gasteiger partial charge in [-0.25, -0.2) is 9.59 Å². The van der Waals surface area contributed by atoms with Crippen molar-refractivity contribution in [3.63, 3.8) is 0 Å². The normalized spacial score (nSPS) is 12.1. The number of amides is 2. The number of hydrogen-bond acceptors (Lipinski definition) is 2. The molecule has 0 unspecified atom stereocenters. The van der Waals surface area contributed by atoms with Gasteiger partial charge in [-0.05, 0) is 33.6 Å². The third-order valence-electron chi connectivity index (χ3n) is 3.64. The van der Waals surface area contributed by atoms with Crippen LogP contribution in [0.2, 0.25) is 0 Å². The SMILES string of the molecule is CCC(C)(CC)NC(=O)N(C)C(C)(C)C(=O)O. The molecule has 17 heavy (non-hydrogen) atoms. The lowest BCUT2D eigenvalue weighted by Crippen LogP contribution is -2.58. The zero-order valence-electron chi connectivity index (χ0n) is 11.6. The van der Waals surface area contributed by atoms with E-state index < -0.39 is 11.5 Å². The fraction of sp³-hybridized carbons (Fsp3) is 0.833. The number of carbonyl (C=O) groups excluding carboxylic acids is 1. The zero-order valence-corrected chi connectivity index (χ0v) is 11.6. The first kappa shape index (κ1) is 15.7. The van der Waals surface area contributed by atoms with Gasteiger partial charge in [0.05, 0.1) is 0 Å². The number of rotatable bonds is 5. The highest BCUT2D eigenvalue weighted by Crippen LogP contribution is 2.17. The lowest BCUT2D eigenvalue weighted by molar-refractivity contribution is -0.147. The van der Waals surface area contributed by atoms with E-state index in [1.165, 1.54) is 25.8 Å². The summed E-state index contributed by atoms with van der Waals surface area (Å²) in [5, 5.41) is 11.9. The molecule has 0 bridgehead atoms. The van der Waals surface area contributed by atoms with Gasteiger partial charge in [0.25, 0.3) is 0 Å². The van der Waals surface area contributed by atoms with Crippen molar-refractivity contribution in [1.29, 1.82) is 0 Å². The second kappa shape index (κ2) is 5.38. The average molecular weight is 244 g/mol. The fourth-order valence-electron chi connectivity index (χ4n) is 1.17. The highest BCUT2D eigenvalue weighted by atomic mass is 16.4. The number of carbonyl (C=O) groups is 2. The van der Waals surface area contributed by atoms with Gasteiger partial charge < -0.3 is 15.3 Å². The van der Waals surface area contributed by atoms with Crippen LogP contribution in [-0.4, -0.2) is 40.1 Å². The van der Waals surface area contributed by atoms with Crippen molar-refractivity contribution in [3.8, 4) is 0 Å². The van der Waals surface area contributed by atoms with Crippen molar-refractivity contribution < 1.29 is 14.7 Å². The maximum Gasteiger partial charge on any atom is 0.329 e. The van der Waals surface area contributed by atoms with E-state index in [4.69, 9.17) is 5.11 Å². The van der Waals surface area contributed by atoms with E-state index in [0.717, 1.165) is 12.8 Å². The topological polar surface area (TPSA) is 69.6 Å². The zero-order chi connectivity index (χ0) is 13.9. The number of hydrogen-bond donors (Lipinski definition) is 2. The Labute approximate surface area is 103 Å². The molecule has 5 nitrogen and oxygen atoms in total. The quantitative estimate of drug-likeness (QED) is 0.777. The van der Waals surface area contributed by atoms with E-state index >= 15 is 0 Å². The summed E-state index contributed by atoms with van der Waals surface area (Å²) in [6.07, 6.45) is 1.60. The predicted molar refractivity (Wildman–Crippen MR) is 67.0 cm³/mol. The molecule has 100 valence electrons. The highest BCUT2D eigenvalue weighted by molar-refractivity contribution is 5.85. The van der Waals surface area contributed by atoms with Crippen molar-refractivity contribution in [2.24, 2.45) is 0 Å². The molecular weight excluding hydrogens is 220 g/mol. The molecule has 0 aromatic heterocycles. The van der Waals surface area contributed by atoms with Gasteiger partial charge in [0.2, 0.25) is 0 Å². The Kier molecular flexibility index (Phi) is 4.98. The second-order valence-corrected chi connectivity index (χ2v) is 5.12. The van der Waals surface area contributed by atoms with Gasteiger partial charge in [-0.1, -0.05) is 13.8 Å². The van der Waals surface area contributed by atoms with Crippen LogP contribution in [0.25, 0.3) is 0 Å². The molecule has 5 heteroatoms. The van der Waals surface area contributed by atoms with Gasteiger partial charge >= 0.3 is 12.0 Å². The van der Waals surface area contributed by atoms with Crippen molar-refractivity contribution in [2.45, 2.75) is 58.5 Å². The standard InChI is InChI=1S/C12H24N2O3/c1-7-12(5,8-2)13-10(17)14(6)11(3,4)9(15)16/h7-8H2,1-6H3,(H,13,17)(H,15,16). The fourth-order valence-corrected chi connectivity index (χ4v) is 1.17. The van der Waals surface area contributed by atoms with Crippen LogP contribution in [0.5, 0.6) is 0 Å². The van der Waals surface area contributed by atoms with Crippen LogP contribution < -0.4 is 5.32 Å². The summed E-state index contributed by atoms with van der Waals surface area (Å²) < 4.78 is 0. The van der Waals surface area contributed by atoms with Crippen LogP contribution >= 0.6 is 0 Å². The van der Waals surface area contributed by atoms with Crippen LogP contribution in [0.1, 0.15) is 47.5 Å². The van der Waals surface area contributed by atoms with Crippen molar-refractivity contribution in [2.75, 3.05) is 7.05 Å². The molecule has 0 saturated heterocycles. The van der Waals surface area contributed by atoms with E-state index in [1.54, 1.807) is 0 Å². The molecule has 0 aliphatic carbocycles. The Hall–Kier alpha value is -1.26. The Bertz CT molecular complexity index is 296. The van der Waals surface area contributed by atoms with Crippen molar-refractivity contribution in [1.82, 2.24) is 10.2 Å². The summed E-state index contributed by atoms with van der Waals surface area (Å²) in [5.41, 5.74) is -1.51. The lowest BCUT2D eigenvalue weighted by Gasteiger charge is -2.36. The van der Waals surface area contributed by atoms with E-state index in [1.807, 2.05) is 20.8 Å². The van der Waals surface area contributed by atoms with E-state index in [9.17, 15) is 9.59 Å². The molecule has 0 aromatic rings. The number of nitrogens with zero attached hydrogens (tertiary/aromatic N) is 1. The number of nitrogens with one attached hydrogen (secondary N) is 1. The summed E-state index contributed by atoms with van der Waals surface area (Å²) >= 11 is 0. The van der Waals surface area contributed by atoms with Gasteiger partial charge in [0.1, 0.15) is 5.54 Å². The summed E-state index contributed by atoms with van der Waals surface area (Å²) in [6.45, 7) is 8.94. The summed E-state index contributed by atoms with van der Waals surface area (Å²) in [6, 6.07) is -0.358. The number of carboxylic acid groups (broad SMARTS) is 1. The maximum absolute atomic E-state index is 12.0. The molecule has 0 fully saturated rings. The molecule has 0 radical (unpaired) electrons. The number of likely N-dealkylation sites (N-methyl/N-ethyl adjacent to an activating group) is 1. The second-order valence-electron chi connectivity index (χ2n) is 5.12. The molecule has 2 N–H and O–H groups in total. The molecule has 0 atom stereocenters. The van der Waals surface area contributed by atoms with Crippen LogP contribution in [0, 0.1) is 0 Å². The molecular formula is C12H24N2O3. The van der Waals surface area contributed by atoms with E-state index in [0.29, 0.717) is 0 Å². The highest BCUT2D eigenvalue weighted by Gasteiger charge is 2.36. The minimum absolute atomic E-state index is 0.292. The van der Waals surface area contributed by atoms with Gasteiger partial charge in [-0.3, -0.25) is 0 Å². The predicted octanol–water partition coefficient (Wildman–Crippen LogP) is 2.07. The summed E-state index contributed by atoms with van der Waals surface area (Å²) in [5.74, 6) is -1.02. The minimum atomic E-state index is -1.22. The van der Waals surface area contributed by atoms with Crippen LogP contribution in [0.4, 0.5) is 4.79 Å². The van der Waals surface area contributed by atoms with Crippen LogP contribution in [0.3, 0.4) is 0 Å². The third-order valence-corrected chi connectivity index (χ3v) is 3.64. The summed E-state index contributed by atoms with van der Waals surface area (Å²) in [4.78, 5) is 24.3. The van der Waals surface area contributed by atoms with E-state index in [-0.39, 0.29) is 11.6 Å². The first-order valence-electron chi connectivity index (χ1n) is 5.90. The largest absolute Gasteiger partial charge is 0.480 e. The van der Waals surface area contributed by atoms with Crippen LogP contribution in [-0.2, 0) is 4.79 Å². The Morgan fingerprint density at radius 1 is 1.18 bits per heavy atom. The van der Waals surface area contributed by atoms with Crippen molar-refractivity contribution in [3.05, 3.63) is 0 Å².